The van der Waals surface area contributed by atoms with E-state index in [4.69, 9.17) is 4.55 Å². The van der Waals surface area contributed by atoms with Gasteiger partial charge in [0.25, 0.3) is 0 Å². The smallest absolute Gasteiger partial charge is 0.206 e. The highest BCUT2D eigenvalue weighted by Gasteiger charge is 2.17. The van der Waals surface area contributed by atoms with E-state index in [1.807, 2.05) is 18.2 Å². The minimum atomic E-state index is -2.28. The molecule has 6 heteroatoms. The Hall–Kier alpha value is -0.820. The molecule has 4 nitrogen and oxygen atoms in total. The van der Waals surface area contributed by atoms with E-state index in [2.05, 4.69) is 4.98 Å². The number of nitrogens with zero attached hydrogens (tertiary/aromatic N) is 1. The lowest BCUT2D eigenvalue weighted by molar-refractivity contribution is 0.251. The van der Waals surface area contributed by atoms with Gasteiger partial charge in [-0.15, -0.1) is 11.3 Å². The number of aliphatic hydroxyl groups excluding tert-OH is 1. The van der Waals surface area contributed by atoms with E-state index in [0.717, 1.165) is 10.2 Å². The Morgan fingerprint density at radius 1 is 1.43 bits per heavy atom. The summed E-state index contributed by atoms with van der Waals surface area (Å²) in [5.74, 6) is 0. The first-order valence-electron chi connectivity index (χ1n) is 3.81. The third-order valence-corrected chi connectivity index (χ3v) is 3.56. The van der Waals surface area contributed by atoms with Gasteiger partial charge in [0.15, 0.2) is 11.1 Å². The van der Waals surface area contributed by atoms with Crippen LogP contribution >= 0.6 is 11.3 Å². The normalized spacial score (nSPS) is 15.6. The van der Waals surface area contributed by atoms with Crippen molar-refractivity contribution in [3.8, 4) is 0 Å². The molecule has 0 fully saturated rings. The predicted octanol–water partition coefficient (Wildman–Crippen LogP) is 1.51. The van der Waals surface area contributed by atoms with Gasteiger partial charge in [0.05, 0.1) is 10.2 Å². The number of fused-ring (bicyclic) bond motifs is 1. The second kappa shape index (κ2) is 3.74. The van der Waals surface area contributed by atoms with Crippen LogP contribution in [0.2, 0.25) is 0 Å². The second-order valence-corrected chi connectivity index (χ2v) is 4.71. The largest absolute Gasteiger partial charge is 0.371 e. The summed E-state index contributed by atoms with van der Waals surface area (Å²) in [6.45, 7) is 0. The fraction of sp³-hybridized carbons (Fsp3) is 0.125. The Labute approximate surface area is 86.5 Å². The van der Waals surface area contributed by atoms with E-state index in [9.17, 15) is 9.32 Å². The molecule has 1 aromatic heterocycles. The van der Waals surface area contributed by atoms with E-state index < -0.39 is 16.5 Å². The predicted molar refractivity (Wildman–Crippen MR) is 55.4 cm³/mol. The zero-order valence-electron chi connectivity index (χ0n) is 6.95. The van der Waals surface area contributed by atoms with Gasteiger partial charge < -0.3 is 9.66 Å². The minimum Gasteiger partial charge on any atom is -0.371 e. The van der Waals surface area contributed by atoms with Crippen LogP contribution < -0.4 is 0 Å². The lowest BCUT2D eigenvalue weighted by Crippen LogP contribution is -2.03. The number of para-hydroxylation sites is 1. The van der Waals surface area contributed by atoms with Crippen LogP contribution in [0.4, 0.5) is 0 Å². The minimum absolute atomic E-state index is 0.270. The van der Waals surface area contributed by atoms with E-state index in [1.165, 1.54) is 11.3 Å². The molecule has 2 unspecified atom stereocenters. The average Bonchev–Trinajstić information content (AvgIpc) is 2.59. The third-order valence-electron chi connectivity index (χ3n) is 1.71. The molecule has 74 valence electrons. The van der Waals surface area contributed by atoms with Gasteiger partial charge in [-0.3, -0.25) is 0 Å². The Bertz CT molecular complexity index is 449. The summed E-state index contributed by atoms with van der Waals surface area (Å²) < 4.78 is 20.2. The van der Waals surface area contributed by atoms with Gasteiger partial charge in [-0.25, -0.2) is 9.19 Å². The second-order valence-electron chi connectivity index (χ2n) is 2.65. The lowest BCUT2D eigenvalue weighted by atomic mass is 10.3. The zero-order valence-corrected chi connectivity index (χ0v) is 8.59. The van der Waals surface area contributed by atoms with Crippen molar-refractivity contribution in [1.82, 2.24) is 4.98 Å². The summed E-state index contributed by atoms with van der Waals surface area (Å²) in [5.41, 5.74) is -0.676. The first-order valence-corrected chi connectivity index (χ1v) is 5.80. The molecular weight excluding hydrogens is 222 g/mol. The molecule has 0 aliphatic heterocycles. The maximum Gasteiger partial charge on any atom is 0.206 e. The van der Waals surface area contributed by atoms with Crippen LogP contribution in [-0.2, 0) is 11.1 Å². The fourth-order valence-electron chi connectivity index (χ4n) is 1.08. The van der Waals surface area contributed by atoms with Crippen LogP contribution in [0.1, 0.15) is 10.4 Å². The van der Waals surface area contributed by atoms with E-state index in [-0.39, 0.29) is 5.01 Å². The molecule has 2 aromatic rings. The summed E-state index contributed by atoms with van der Waals surface area (Å²) in [6, 6.07) is 7.33. The Morgan fingerprint density at radius 2 is 2.14 bits per heavy atom. The van der Waals surface area contributed by atoms with Gasteiger partial charge in [0.1, 0.15) is 5.01 Å². The summed E-state index contributed by atoms with van der Waals surface area (Å²) in [5, 5.41) is 9.57. The molecule has 0 aliphatic carbocycles. The number of aliphatic hydroxyl groups is 1. The molecule has 1 aromatic carbocycles. The SMILES string of the molecule is O=S(O)C(O)c1nc2ccccc2s1. The summed E-state index contributed by atoms with van der Waals surface area (Å²) in [6.07, 6.45) is 0. The van der Waals surface area contributed by atoms with Crippen molar-refractivity contribution >= 4 is 32.6 Å². The number of hydrogen-bond acceptors (Lipinski definition) is 4. The van der Waals surface area contributed by atoms with E-state index in [0.29, 0.717) is 0 Å². The summed E-state index contributed by atoms with van der Waals surface area (Å²) >= 11 is -1.06. The third kappa shape index (κ3) is 1.69. The molecule has 2 rings (SSSR count). The highest BCUT2D eigenvalue weighted by molar-refractivity contribution is 7.79. The van der Waals surface area contributed by atoms with E-state index >= 15 is 0 Å². The van der Waals surface area contributed by atoms with Gasteiger partial charge in [0, 0.05) is 0 Å². The number of rotatable bonds is 2. The van der Waals surface area contributed by atoms with Crippen molar-refractivity contribution in [2.75, 3.05) is 0 Å². The number of benzene rings is 1. The van der Waals surface area contributed by atoms with Crippen LogP contribution in [0.5, 0.6) is 0 Å². The molecule has 0 saturated heterocycles. The quantitative estimate of drug-likeness (QED) is 0.766. The highest BCUT2D eigenvalue weighted by atomic mass is 32.2. The topological polar surface area (TPSA) is 70.4 Å². The number of hydrogen-bond donors (Lipinski definition) is 2. The Morgan fingerprint density at radius 3 is 2.79 bits per heavy atom. The van der Waals surface area contributed by atoms with Crippen molar-refractivity contribution in [2.45, 2.75) is 5.44 Å². The van der Waals surface area contributed by atoms with Crippen molar-refractivity contribution in [1.29, 1.82) is 0 Å². The Kier molecular flexibility index (Phi) is 2.60. The summed E-state index contributed by atoms with van der Waals surface area (Å²) in [4.78, 5) is 4.05. The molecule has 0 bridgehead atoms. The molecule has 0 saturated carbocycles. The maximum absolute atomic E-state index is 10.6. The van der Waals surface area contributed by atoms with Gasteiger partial charge in [0.2, 0.25) is 5.44 Å². The standard InChI is InChI=1S/C8H7NO3S2/c10-8(14(11)12)7-9-5-3-1-2-4-6(5)13-7/h1-4,8,10H,(H,11,12). The Balaban J connectivity index is 2.50. The highest BCUT2D eigenvalue weighted by Crippen LogP contribution is 2.27. The maximum atomic E-state index is 10.6. The van der Waals surface area contributed by atoms with E-state index in [1.54, 1.807) is 6.07 Å². The van der Waals surface area contributed by atoms with Crippen LogP contribution in [-0.4, -0.2) is 18.9 Å². The molecule has 0 spiro atoms. The number of aromatic nitrogens is 1. The van der Waals surface area contributed by atoms with Gasteiger partial charge in [-0.05, 0) is 12.1 Å². The van der Waals surface area contributed by atoms with Crippen molar-refractivity contribution < 1.29 is 13.9 Å². The van der Waals surface area contributed by atoms with Gasteiger partial charge in [-0.2, -0.15) is 0 Å². The van der Waals surface area contributed by atoms with Gasteiger partial charge in [-0.1, -0.05) is 12.1 Å². The van der Waals surface area contributed by atoms with Crippen molar-refractivity contribution in [3.05, 3.63) is 29.3 Å². The molecule has 1 heterocycles. The molecule has 2 atom stereocenters. The lowest BCUT2D eigenvalue weighted by Gasteiger charge is -1.98. The molecule has 14 heavy (non-hydrogen) atoms. The van der Waals surface area contributed by atoms with Crippen LogP contribution in [0.25, 0.3) is 10.2 Å². The summed E-state index contributed by atoms with van der Waals surface area (Å²) in [7, 11) is 0. The van der Waals surface area contributed by atoms with Crippen molar-refractivity contribution in [2.24, 2.45) is 0 Å². The zero-order chi connectivity index (χ0) is 10.1. The van der Waals surface area contributed by atoms with Crippen LogP contribution in [0, 0.1) is 0 Å². The van der Waals surface area contributed by atoms with Crippen molar-refractivity contribution in [3.63, 3.8) is 0 Å². The van der Waals surface area contributed by atoms with Gasteiger partial charge >= 0.3 is 0 Å². The molecule has 0 aliphatic rings. The van der Waals surface area contributed by atoms with Crippen LogP contribution in [0.3, 0.4) is 0 Å². The fourth-order valence-corrected chi connectivity index (χ4v) is 2.53. The molecule has 0 amide bonds. The monoisotopic (exact) mass is 229 g/mol. The first-order chi connectivity index (χ1) is 6.68. The average molecular weight is 229 g/mol. The molecule has 0 radical (unpaired) electrons. The van der Waals surface area contributed by atoms with Crippen LogP contribution in [0.15, 0.2) is 24.3 Å². The molecule has 2 N–H and O–H groups in total. The number of thiazole rings is 1. The first kappa shape index (κ1) is 9.72. The molecular formula is C8H7NO3S2.